The molecule has 3 rings (SSSR count). The lowest BCUT2D eigenvalue weighted by atomic mass is 9.95. The first kappa shape index (κ1) is 15.6. The quantitative estimate of drug-likeness (QED) is 0.898. The van der Waals surface area contributed by atoms with Crippen LogP contribution in [0.5, 0.6) is 0 Å². The Morgan fingerprint density at radius 1 is 1.27 bits per heavy atom. The van der Waals surface area contributed by atoms with Crippen molar-refractivity contribution in [3.8, 4) is 0 Å². The third-order valence-electron chi connectivity index (χ3n) is 4.97. The lowest BCUT2D eigenvalue weighted by Gasteiger charge is -2.37. The van der Waals surface area contributed by atoms with E-state index in [1.807, 2.05) is 30.9 Å². The summed E-state index contributed by atoms with van der Waals surface area (Å²) in [6.45, 7) is 5.50. The van der Waals surface area contributed by atoms with Gasteiger partial charge in [0.05, 0.1) is 16.8 Å². The Balaban J connectivity index is 1.71. The van der Waals surface area contributed by atoms with E-state index in [1.165, 1.54) is 0 Å². The van der Waals surface area contributed by atoms with E-state index in [1.54, 1.807) is 7.11 Å². The average molecular weight is 323 g/mol. The van der Waals surface area contributed by atoms with Gasteiger partial charge in [-0.2, -0.15) is 0 Å². The molecule has 1 aliphatic heterocycles. The Labute approximate surface area is 136 Å². The third-order valence-corrected chi connectivity index (χ3v) is 5.27. The lowest BCUT2D eigenvalue weighted by Crippen LogP contribution is -2.49. The highest BCUT2D eigenvalue weighted by Crippen LogP contribution is 2.39. The van der Waals surface area contributed by atoms with Gasteiger partial charge in [0.25, 0.3) is 0 Å². The molecule has 1 aliphatic carbocycles. The van der Waals surface area contributed by atoms with E-state index in [-0.39, 0.29) is 6.03 Å². The maximum Gasteiger partial charge on any atom is 0.321 e. The monoisotopic (exact) mass is 322 g/mol. The number of carbonyl (C=O) groups is 1. The van der Waals surface area contributed by atoms with E-state index in [0.29, 0.717) is 23.0 Å². The molecule has 1 aromatic carbocycles. The fourth-order valence-corrected chi connectivity index (χ4v) is 4.35. The first-order valence-electron chi connectivity index (χ1n) is 7.85. The number of hydrogen-bond donors (Lipinski definition) is 1. The van der Waals surface area contributed by atoms with Crippen LogP contribution < -0.4 is 5.32 Å². The molecular formula is C17H23ClN2O2. The molecule has 1 heterocycles. The molecule has 2 amide bonds. The van der Waals surface area contributed by atoms with Crippen molar-refractivity contribution in [1.29, 1.82) is 0 Å². The molecule has 2 unspecified atom stereocenters. The minimum absolute atomic E-state index is 0.0553. The number of fused-ring (bicyclic) bond motifs is 2. The smallest absolute Gasteiger partial charge is 0.321 e. The van der Waals surface area contributed by atoms with E-state index < -0.39 is 0 Å². The van der Waals surface area contributed by atoms with Crippen LogP contribution in [0.3, 0.4) is 0 Å². The van der Waals surface area contributed by atoms with Crippen LogP contribution in [0, 0.1) is 25.7 Å². The number of nitrogens with one attached hydrogen (secondary N) is 1. The van der Waals surface area contributed by atoms with Gasteiger partial charge in [-0.3, -0.25) is 0 Å². The van der Waals surface area contributed by atoms with Crippen molar-refractivity contribution in [2.75, 3.05) is 25.5 Å². The highest BCUT2D eigenvalue weighted by Gasteiger charge is 2.43. The number of likely N-dealkylation sites (tertiary alicyclic amines) is 1. The molecule has 1 N–H and O–H groups in total. The maximum absolute atomic E-state index is 12.6. The van der Waals surface area contributed by atoms with Gasteiger partial charge < -0.3 is 15.0 Å². The number of aryl methyl sites for hydroxylation is 2. The Kier molecular flexibility index (Phi) is 4.33. The summed E-state index contributed by atoms with van der Waals surface area (Å²) in [6, 6.07) is 3.85. The van der Waals surface area contributed by atoms with E-state index in [4.69, 9.17) is 16.3 Å². The number of amides is 2. The van der Waals surface area contributed by atoms with Gasteiger partial charge >= 0.3 is 6.03 Å². The number of piperidine rings is 1. The second-order valence-corrected chi connectivity index (χ2v) is 6.98. The van der Waals surface area contributed by atoms with E-state index in [9.17, 15) is 4.79 Å². The van der Waals surface area contributed by atoms with E-state index >= 15 is 0 Å². The second-order valence-electron chi connectivity index (χ2n) is 6.57. The van der Waals surface area contributed by atoms with Crippen LogP contribution in [0.15, 0.2) is 12.1 Å². The van der Waals surface area contributed by atoms with Gasteiger partial charge in [0.2, 0.25) is 0 Å². The molecule has 1 saturated heterocycles. The zero-order chi connectivity index (χ0) is 15.9. The van der Waals surface area contributed by atoms with Crippen molar-refractivity contribution < 1.29 is 9.53 Å². The van der Waals surface area contributed by atoms with Gasteiger partial charge in [0.1, 0.15) is 0 Å². The number of rotatable bonds is 2. The molecule has 1 aromatic rings. The van der Waals surface area contributed by atoms with Crippen LogP contribution in [0.4, 0.5) is 10.5 Å². The first-order chi connectivity index (χ1) is 10.5. The number of nitrogens with zero attached hydrogens (tertiary/aromatic N) is 1. The van der Waals surface area contributed by atoms with Gasteiger partial charge in [0, 0.05) is 32.0 Å². The van der Waals surface area contributed by atoms with Gasteiger partial charge in [-0.05, 0) is 43.9 Å². The Bertz CT molecular complexity index is 553. The number of urea groups is 1. The van der Waals surface area contributed by atoms with E-state index in [0.717, 1.165) is 42.7 Å². The molecule has 0 aromatic heterocycles. The van der Waals surface area contributed by atoms with Crippen LogP contribution in [0.25, 0.3) is 0 Å². The maximum atomic E-state index is 12.6. The van der Waals surface area contributed by atoms with Crippen molar-refractivity contribution in [3.63, 3.8) is 0 Å². The number of hydrogen-bond acceptors (Lipinski definition) is 2. The summed E-state index contributed by atoms with van der Waals surface area (Å²) in [4.78, 5) is 14.5. The second kappa shape index (κ2) is 6.09. The van der Waals surface area contributed by atoms with Crippen molar-refractivity contribution in [2.45, 2.75) is 32.8 Å². The topological polar surface area (TPSA) is 41.6 Å². The van der Waals surface area contributed by atoms with Gasteiger partial charge in [-0.15, -0.1) is 0 Å². The Morgan fingerprint density at radius 2 is 1.91 bits per heavy atom. The van der Waals surface area contributed by atoms with E-state index in [2.05, 4.69) is 5.32 Å². The molecule has 4 nitrogen and oxygen atoms in total. The molecule has 2 fully saturated rings. The molecule has 120 valence electrons. The molecule has 22 heavy (non-hydrogen) atoms. The predicted octanol–water partition coefficient (Wildman–Crippen LogP) is 3.85. The summed E-state index contributed by atoms with van der Waals surface area (Å²) in [5.74, 6) is 0.924. The fraction of sp³-hybridized carbons (Fsp3) is 0.588. The van der Waals surface area contributed by atoms with Crippen molar-refractivity contribution in [3.05, 3.63) is 28.3 Å². The number of halogens is 1. The summed E-state index contributed by atoms with van der Waals surface area (Å²) in [5, 5.41) is 3.59. The minimum atomic E-state index is -0.0553. The molecule has 0 radical (unpaired) electrons. The highest BCUT2D eigenvalue weighted by atomic mass is 35.5. The molecule has 0 spiro atoms. The number of carbonyl (C=O) groups excluding carboxylic acids is 1. The first-order valence-corrected chi connectivity index (χ1v) is 8.23. The molecule has 2 bridgehead atoms. The number of methoxy groups -OCH3 is 1. The van der Waals surface area contributed by atoms with Gasteiger partial charge in [-0.1, -0.05) is 17.7 Å². The predicted molar refractivity (Wildman–Crippen MR) is 88.5 cm³/mol. The summed E-state index contributed by atoms with van der Waals surface area (Å²) in [7, 11) is 1.78. The molecule has 2 atom stereocenters. The minimum Gasteiger partial charge on any atom is -0.381 e. The largest absolute Gasteiger partial charge is 0.381 e. The zero-order valence-electron chi connectivity index (χ0n) is 13.4. The summed E-state index contributed by atoms with van der Waals surface area (Å²) in [6.07, 6.45) is 2.61. The molecule has 2 aliphatic rings. The van der Waals surface area contributed by atoms with Crippen LogP contribution in [-0.4, -0.2) is 37.2 Å². The lowest BCUT2D eigenvalue weighted by molar-refractivity contribution is -0.00364. The van der Waals surface area contributed by atoms with Crippen LogP contribution in [0.1, 0.15) is 24.0 Å². The van der Waals surface area contributed by atoms with Crippen molar-refractivity contribution >= 4 is 23.3 Å². The van der Waals surface area contributed by atoms with Crippen molar-refractivity contribution in [2.24, 2.45) is 11.8 Å². The highest BCUT2D eigenvalue weighted by molar-refractivity contribution is 6.34. The van der Waals surface area contributed by atoms with Crippen LogP contribution >= 0.6 is 11.6 Å². The fourth-order valence-electron chi connectivity index (χ4n) is 3.98. The van der Waals surface area contributed by atoms with Crippen molar-refractivity contribution in [1.82, 2.24) is 4.90 Å². The molecule has 1 saturated carbocycles. The SMILES string of the molecule is COC1C2CCC1CN(C(=O)Nc1c(C)cc(C)cc1Cl)C2. The van der Waals surface area contributed by atoms with Gasteiger partial charge in [-0.25, -0.2) is 4.79 Å². The Morgan fingerprint density at radius 3 is 2.45 bits per heavy atom. The van der Waals surface area contributed by atoms with Crippen LogP contribution in [-0.2, 0) is 4.74 Å². The molecular weight excluding hydrogens is 300 g/mol. The Hall–Kier alpha value is -1.26. The summed E-state index contributed by atoms with van der Waals surface area (Å²) < 4.78 is 5.60. The summed E-state index contributed by atoms with van der Waals surface area (Å²) >= 11 is 6.28. The summed E-state index contributed by atoms with van der Waals surface area (Å²) in [5.41, 5.74) is 2.81. The normalized spacial score (nSPS) is 27.1. The van der Waals surface area contributed by atoms with Crippen LogP contribution in [0.2, 0.25) is 5.02 Å². The third kappa shape index (κ3) is 2.82. The number of benzene rings is 1. The van der Waals surface area contributed by atoms with Gasteiger partial charge in [0.15, 0.2) is 0 Å². The zero-order valence-corrected chi connectivity index (χ0v) is 14.1. The number of ether oxygens (including phenoxy) is 1. The number of anilines is 1. The standard InChI is InChI=1S/C17H23ClN2O2/c1-10-6-11(2)15(14(18)7-10)19-17(21)20-8-12-4-5-13(9-20)16(12)22-3/h6-7,12-13,16H,4-5,8-9H2,1-3H3,(H,19,21). The average Bonchev–Trinajstić information content (AvgIpc) is 2.70. The molecule has 5 heteroatoms.